The van der Waals surface area contributed by atoms with Gasteiger partial charge >= 0.3 is 0 Å². The molecule has 3 nitrogen and oxygen atoms in total. The number of nitrogens with one attached hydrogen (secondary N) is 1. The number of piperidine rings is 1. The highest BCUT2D eigenvalue weighted by Gasteiger charge is 2.67. The van der Waals surface area contributed by atoms with Crippen LogP contribution in [-0.2, 0) is 10.2 Å². The highest BCUT2D eigenvalue weighted by Crippen LogP contribution is 2.62. The monoisotopic (exact) mass is 309 g/mol. The summed E-state index contributed by atoms with van der Waals surface area (Å²) in [4.78, 5) is 12.1. The van der Waals surface area contributed by atoms with E-state index in [4.69, 9.17) is 0 Å². The molecular formula is C20H25N2O+. The topological polar surface area (TPSA) is 29.1 Å². The van der Waals surface area contributed by atoms with Gasteiger partial charge in [-0.25, -0.2) is 0 Å². The molecule has 0 amide bonds. The summed E-state index contributed by atoms with van der Waals surface area (Å²) in [5.74, 6) is 1.10. The van der Waals surface area contributed by atoms with Crippen LogP contribution in [0.15, 0.2) is 35.5 Å². The van der Waals surface area contributed by atoms with Crippen molar-refractivity contribution >= 4 is 12.0 Å². The van der Waals surface area contributed by atoms with Crippen LogP contribution < -0.4 is 5.32 Å². The molecule has 5 atom stereocenters. The van der Waals surface area contributed by atoms with Crippen LogP contribution in [0, 0.1) is 11.8 Å². The van der Waals surface area contributed by atoms with Crippen molar-refractivity contribution in [1.29, 1.82) is 0 Å². The van der Waals surface area contributed by atoms with Crippen molar-refractivity contribution < 1.29 is 9.28 Å². The molecule has 3 heterocycles. The lowest BCUT2D eigenvalue weighted by Gasteiger charge is -2.53. The van der Waals surface area contributed by atoms with Gasteiger partial charge in [0.05, 0.1) is 25.6 Å². The van der Waals surface area contributed by atoms with Gasteiger partial charge in [0.15, 0.2) is 0 Å². The van der Waals surface area contributed by atoms with Crippen molar-refractivity contribution in [1.82, 2.24) is 0 Å². The smallest absolute Gasteiger partial charge is 0.148 e. The summed E-state index contributed by atoms with van der Waals surface area (Å²) in [6.45, 7) is 4.76. The molecule has 1 spiro atoms. The van der Waals surface area contributed by atoms with E-state index in [1.54, 1.807) is 0 Å². The third-order valence-corrected chi connectivity index (χ3v) is 7.49. The standard InChI is InChI=1S/C20H24N2O/c1-3-13-11-22(2)9-8-20-16-6-4-5-7-17(16)21-19(20)15(12-23)14(13)10-18(20)22/h4-7,12-14,18H,3,8-11H2,1-2H3/p+1/t13?,14-,18+,20?,22?/m0/s1. The zero-order valence-electron chi connectivity index (χ0n) is 14.0. The second-order valence-corrected chi connectivity index (χ2v) is 8.25. The number of anilines is 1. The molecule has 1 aliphatic carbocycles. The van der Waals surface area contributed by atoms with Crippen LogP contribution in [0.3, 0.4) is 0 Å². The lowest BCUT2D eigenvalue weighted by Crippen LogP contribution is -2.63. The third kappa shape index (κ3) is 1.43. The van der Waals surface area contributed by atoms with Crippen molar-refractivity contribution in [2.24, 2.45) is 11.8 Å². The van der Waals surface area contributed by atoms with Crippen LogP contribution >= 0.6 is 0 Å². The maximum Gasteiger partial charge on any atom is 0.148 e. The number of fused-ring (bicyclic) bond motifs is 2. The quantitative estimate of drug-likeness (QED) is 0.672. The number of hydrogen-bond acceptors (Lipinski definition) is 2. The molecule has 3 aliphatic heterocycles. The molecule has 1 aromatic rings. The molecule has 1 aromatic carbocycles. The van der Waals surface area contributed by atoms with Crippen LogP contribution in [0.25, 0.3) is 0 Å². The van der Waals surface area contributed by atoms with E-state index >= 15 is 0 Å². The number of allylic oxidation sites excluding steroid dienone is 1. The minimum absolute atomic E-state index is 0.0663. The minimum atomic E-state index is 0.0663. The Morgan fingerprint density at radius 2 is 2.22 bits per heavy atom. The van der Waals surface area contributed by atoms with E-state index in [0.717, 1.165) is 5.57 Å². The molecule has 2 saturated heterocycles. The fourth-order valence-electron chi connectivity index (χ4n) is 6.48. The van der Waals surface area contributed by atoms with Gasteiger partial charge in [-0.1, -0.05) is 25.1 Å². The van der Waals surface area contributed by atoms with E-state index in [1.165, 1.54) is 60.1 Å². The molecule has 1 N–H and O–H groups in total. The number of aldehydes is 1. The van der Waals surface area contributed by atoms with Gasteiger partial charge in [0.25, 0.3) is 0 Å². The van der Waals surface area contributed by atoms with E-state index in [1.807, 2.05) is 0 Å². The Bertz CT molecular complexity index is 739. The van der Waals surface area contributed by atoms with E-state index in [0.29, 0.717) is 17.9 Å². The van der Waals surface area contributed by atoms with Gasteiger partial charge in [-0.05, 0) is 18.1 Å². The second-order valence-electron chi connectivity index (χ2n) is 8.25. The lowest BCUT2D eigenvalue weighted by atomic mass is 9.60. The first kappa shape index (κ1) is 13.8. The maximum atomic E-state index is 12.1. The summed E-state index contributed by atoms with van der Waals surface area (Å²) < 4.78 is 1.20. The Morgan fingerprint density at radius 3 is 3.00 bits per heavy atom. The van der Waals surface area contributed by atoms with Crippen LogP contribution in [0.5, 0.6) is 0 Å². The number of carbonyl (C=O) groups excluding carboxylic acids is 1. The minimum Gasteiger partial charge on any atom is -0.357 e. The van der Waals surface area contributed by atoms with Crippen LogP contribution in [0.2, 0.25) is 0 Å². The normalized spacial score (nSPS) is 43.0. The van der Waals surface area contributed by atoms with Crippen molar-refractivity contribution in [3.8, 4) is 0 Å². The molecule has 0 saturated carbocycles. The number of carbonyl (C=O) groups is 1. The van der Waals surface area contributed by atoms with Crippen LogP contribution in [0.1, 0.15) is 31.7 Å². The molecule has 0 radical (unpaired) electrons. The average molecular weight is 309 g/mol. The van der Waals surface area contributed by atoms with Gasteiger partial charge in [0, 0.05) is 41.6 Å². The molecular weight excluding hydrogens is 284 g/mol. The van der Waals surface area contributed by atoms with Gasteiger partial charge in [0.2, 0.25) is 0 Å². The van der Waals surface area contributed by atoms with E-state index in [9.17, 15) is 4.79 Å². The first-order chi connectivity index (χ1) is 11.1. The van der Waals surface area contributed by atoms with Crippen molar-refractivity contribution in [2.75, 3.05) is 25.5 Å². The van der Waals surface area contributed by atoms with Gasteiger partial charge in [0.1, 0.15) is 12.3 Å². The molecule has 5 rings (SSSR count). The number of nitrogens with zero attached hydrogens (tertiary/aromatic N) is 1. The average Bonchev–Trinajstić information content (AvgIpc) is 3.08. The number of para-hydroxylation sites is 1. The summed E-state index contributed by atoms with van der Waals surface area (Å²) in [6.07, 6.45) is 4.71. The molecule has 2 bridgehead atoms. The number of benzene rings is 1. The fraction of sp³-hybridized carbons (Fsp3) is 0.550. The summed E-state index contributed by atoms with van der Waals surface area (Å²) in [6, 6.07) is 9.36. The SMILES string of the molecule is CCC1C[N+]2(C)CCC34C(=C(C=O)[C@H]1C[C@H]32)Nc1ccccc14. The van der Waals surface area contributed by atoms with E-state index in [-0.39, 0.29) is 5.41 Å². The predicted octanol–water partition coefficient (Wildman–Crippen LogP) is 3.08. The Balaban J connectivity index is 1.81. The highest BCUT2D eigenvalue weighted by molar-refractivity contribution is 5.83. The molecule has 3 unspecified atom stereocenters. The van der Waals surface area contributed by atoms with Crippen LogP contribution in [-0.4, -0.2) is 36.9 Å². The first-order valence-corrected chi connectivity index (χ1v) is 9.04. The Morgan fingerprint density at radius 1 is 1.39 bits per heavy atom. The number of hydrogen-bond donors (Lipinski definition) is 1. The van der Waals surface area contributed by atoms with Gasteiger partial charge < -0.3 is 9.80 Å². The third-order valence-electron chi connectivity index (χ3n) is 7.49. The van der Waals surface area contributed by atoms with Crippen molar-refractivity contribution in [3.05, 3.63) is 41.1 Å². The molecule has 4 aliphatic rings. The lowest BCUT2D eigenvalue weighted by molar-refractivity contribution is -0.933. The van der Waals surface area contributed by atoms with E-state index in [2.05, 4.69) is 43.6 Å². The molecule has 2 fully saturated rings. The predicted molar refractivity (Wildman–Crippen MR) is 91.0 cm³/mol. The molecule has 3 heteroatoms. The molecule has 23 heavy (non-hydrogen) atoms. The first-order valence-electron chi connectivity index (χ1n) is 9.04. The molecule has 0 aromatic heterocycles. The fourth-order valence-corrected chi connectivity index (χ4v) is 6.48. The van der Waals surface area contributed by atoms with Gasteiger partial charge in [-0.2, -0.15) is 0 Å². The molecule has 120 valence electrons. The van der Waals surface area contributed by atoms with E-state index < -0.39 is 0 Å². The summed E-state index contributed by atoms with van der Waals surface area (Å²) >= 11 is 0. The van der Waals surface area contributed by atoms with Crippen molar-refractivity contribution in [2.45, 2.75) is 37.6 Å². The number of likely N-dealkylation sites (N-methyl/N-ethyl adjacent to an activating group) is 1. The Hall–Kier alpha value is -1.61. The summed E-state index contributed by atoms with van der Waals surface area (Å²) in [5.41, 5.74) is 5.08. The van der Waals surface area contributed by atoms with Crippen molar-refractivity contribution in [3.63, 3.8) is 0 Å². The Labute approximate surface area is 138 Å². The second kappa shape index (κ2) is 4.27. The van der Waals surface area contributed by atoms with Gasteiger partial charge in [-0.15, -0.1) is 0 Å². The summed E-state index contributed by atoms with van der Waals surface area (Å²) in [5, 5.41) is 3.68. The van der Waals surface area contributed by atoms with Crippen LogP contribution in [0.4, 0.5) is 5.69 Å². The number of quaternary nitrogens is 1. The maximum absolute atomic E-state index is 12.1. The van der Waals surface area contributed by atoms with Gasteiger partial charge in [-0.3, -0.25) is 4.79 Å². The Kier molecular flexibility index (Phi) is 2.56. The largest absolute Gasteiger partial charge is 0.357 e. The number of rotatable bonds is 2. The summed E-state index contributed by atoms with van der Waals surface area (Å²) in [7, 11) is 2.46. The zero-order valence-corrected chi connectivity index (χ0v) is 14.0. The zero-order chi connectivity index (χ0) is 15.8. The highest BCUT2D eigenvalue weighted by atomic mass is 16.1.